The van der Waals surface area contributed by atoms with Gasteiger partial charge in [-0.2, -0.15) is 0 Å². The summed E-state index contributed by atoms with van der Waals surface area (Å²) in [5, 5.41) is 0. The van der Waals surface area contributed by atoms with Crippen molar-refractivity contribution >= 4 is 17.3 Å². The number of aromatic nitrogens is 2. The first kappa shape index (κ1) is 20.0. The molecule has 1 aromatic carbocycles. The van der Waals surface area contributed by atoms with Gasteiger partial charge in [-0.3, -0.25) is 4.98 Å². The molecule has 27 heavy (non-hydrogen) atoms. The van der Waals surface area contributed by atoms with Crippen LogP contribution in [0.1, 0.15) is 41.9 Å². The first-order valence-corrected chi connectivity index (χ1v) is 10.9. The standard InChI is InChI=1S/C23H31N3S/c1-6-20-17(3)22(16-25(4)5)26-15-14-24-21(23(20)26)13-10-18-8-11-19(12-9-18)27-7-2/h8-9,11-12,14-15H,6-7,10,13,16H2,1-5H3. The van der Waals surface area contributed by atoms with Crippen LogP contribution in [0.25, 0.3) is 5.52 Å². The van der Waals surface area contributed by atoms with Crippen molar-refractivity contribution in [3.05, 3.63) is 64.7 Å². The number of nitrogens with zero attached hydrogens (tertiary/aromatic N) is 3. The Kier molecular flexibility index (Phi) is 6.61. The average Bonchev–Trinajstić information content (AvgIpc) is 2.93. The number of fused-ring (bicyclic) bond motifs is 1. The third-order valence-electron chi connectivity index (χ3n) is 5.13. The third kappa shape index (κ3) is 4.39. The van der Waals surface area contributed by atoms with Gasteiger partial charge >= 0.3 is 0 Å². The molecule has 3 nitrogen and oxygen atoms in total. The summed E-state index contributed by atoms with van der Waals surface area (Å²) in [7, 11) is 4.26. The van der Waals surface area contributed by atoms with E-state index in [1.54, 1.807) is 0 Å². The molecule has 2 aromatic heterocycles. The van der Waals surface area contributed by atoms with Crippen LogP contribution in [0.3, 0.4) is 0 Å². The van der Waals surface area contributed by atoms with Gasteiger partial charge in [-0.05, 0) is 74.9 Å². The second-order valence-electron chi connectivity index (χ2n) is 7.31. The molecule has 0 spiro atoms. The van der Waals surface area contributed by atoms with Crippen LogP contribution < -0.4 is 0 Å². The normalized spacial score (nSPS) is 11.6. The first-order valence-electron chi connectivity index (χ1n) is 9.87. The van der Waals surface area contributed by atoms with E-state index >= 15 is 0 Å². The number of rotatable bonds is 8. The van der Waals surface area contributed by atoms with E-state index in [0.29, 0.717) is 0 Å². The van der Waals surface area contributed by atoms with Crippen molar-refractivity contribution in [2.75, 3.05) is 19.8 Å². The minimum absolute atomic E-state index is 0.951. The second kappa shape index (κ2) is 8.94. The monoisotopic (exact) mass is 381 g/mol. The molecule has 0 N–H and O–H groups in total. The van der Waals surface area contributed by atoms with Gasteiger partial charge in [0.1, 0.15) is 0 Å². The number of aryl methyl sites for hydroxylation is 3. The van der Waals surface area contributed by atoms with Crippen molar-refractivity contribution in [3.8, 4) is 0 Å². The molecule has 144 valence electrons. The molecule has 0 fully saturated rings. The van der Waals surface area contributed by atoms with Gasteiger partial charge in [0.15, 0.2) is 0 Å². The van der Waals surface area contributed by atoms with Crippen molar-refractivity contribution in [2.45, 2.75) is 51.5 Å². The van der Waals surface area contributed by atoms with Crippen molar-refractivity contribution < 1.29 is 0 Å². The lowest BCUT2D eigenvalue weighted by Gasteiger charge is -2.12. The summed E-state index contributed by atoms with van der Waals surface area (Å²) >= 11 is 1.89. The van der Waals surface area contributed by atoms with Gasteiger partial charge in [0.25, 0.3) is 0 Å². The molecule has 2 heterocycles. The van der Waals surface area contributed by atoms with Crippen LogP contribution in [0.4, 0.5) is 0 Å². The molecule has 3 rings (SSSR count). The Morgan fingerprint density at radius 2 is 1.81 bits per heavy atom. The summed E-state index contributed by atoms with van der Waals surface area (Å²) in [5.74, 6) is 1.12. The van der Waals surface area contributed by atoms with E-state index in [2.05, 4.69) is 74.6 Å². The fourth-order valence-electron chi connectivity index (χ4n) is 3.83. The van der Waals surface area contributed by atoms with E-state index < -0.39 is 0 Å². The lowest BCUT2D eigenvalue weighted by molar-refractivity contribution is 0.394. The highest BCUT2D eigenvalue weighted by Gasteiger charge is 2.17. The van der Waals surface area contributed by atoms with Gasteiger partial charge in [-0.15, -0.1) is 11.8 Å². The molecule has 3 aromatic rings. The summed E-state index contributed by atoms with van der Waals surface area (Å²) in [6.07, 6.45) is 7.13. The summed E-state index contributed by atoms with van der Waals surface area (Å²) in [6, 6.07) is 9.01. The van der Waals surface area contributed by atoms with Gasteiger partial charge < -0.3 is 9.30 Å². The molecular formula is C23H31N3S. The maximum atomic E-state index is 4.77. The Labute approximate surface area is 167 Å². The predicted molar refractivity (Wildman–Crippen MR) is 117 cm³/mol. The highest BCUT2D eigenvalue weighted by atomic mass is 32.2. The first-order chi connectivity index (χ1) is 13.0. The van der Waals surface area contributed by atoms with Crippen LogP contribution in [0.2, 0.25) is 0 Å². The fourth-order valence-corrected chi connectivity index (χ4v) is 4.50. The van der Waals surface area contributed by atoms with Crippen LogP contribution in [0.5, 0.6) is 0 Å². The molecule has 0 aliphatic heterocycles. The van der Waals surface area contributed by atoms with Gasteiger partial charge in [0.2, 0.25) is 0 Å². The molecule has 0 unspecified atom stereocenters. The molecule has 0 aliphatic rings. The topological polar surface area (TPSA) is 20.5 Å². The van der Waals surface area contributed by atoms with E-state index in [-0.39, 0.29) is 0 Å². The van der Waals surface area contributed by atoms with Crippen molar-refractivity contribution in [3.63, 3.8) is 0 Å². The van der Waals surface area contributed by atoms with Crippen molar-refractivity contribution in [2.24, 2.45) is 0 Å². The largest absolute Gasteiger partial charge is 0.316 e. The Hall–Kier alpha value is -1.78. The SMILES string of the molecule is CCSc1ccc(CCc2nccn3c(CN(C)C)c(C)c(CC)c23)cc1. The Bertz CT molecular complexity index is 894. The predicted octanol–water partition coefficient (Wildman–Crippen LogP) is 5.16. The highest BCUT2D eigenvalue weighted by molar-refractivity contribution is 7.99. The molecule has 4 heteroatoms. The zero-order chi connectivity index (χ0) is 19.4. The lowest BCUT2D eigenvalue weighted by Crippen LogP contribution is -2.13. The van der Waals surface area contributed by atoms with Gasteiger partial charge in [0.05, 0.1) is 11.2 Å². The summed E-state index contributed by atoms with van der Waals surface area (Å²) < 4.78 is 2.37. The molecular weight excluding hydrogens is 350 g/mol. The number of thioether (sulfide) groups is 1. The summed E-state index contributed by atoms with van der Waals surface area (Å²) in [6.45, 7) is 7.66. The quantitative estimate of drug-likeness (QED) is 0.503. The number of hydrogen-bond donors (Lipinski definition) is 0. The van der Waals surface area contributed by atoms with Crippen LogP contribution in [-0.2, 0) is 25.8 Å². The van der Waals surface area contributed by atoms with E-state index in [1.807, 2.05) is 18.0 Å². The highest BCUT2D eigenvalue weighted by Crippen LogP contribution is 2.27. The maximum Gasteiger partial charge on any atom is 0.0704 e. The van der Waals surface area contributed by atoms with Crippen LogP contribution in [-0.4, -0.2) is 34.1 Å². The lowest BCUT2D eigenvalue weighted by atomic mass is 10.0. The van der Waals surface area contributed by atoms with Crippen molar-refractivity contribution in [1.29, 1.82) is 0 Å². The number of benzene rings is 1. The average molecular weight is 382 g/mol. The maximum absolute atomic E-state index is 4.77. The Morgan fingerprint density at radius 3 is 2.44 bits per heavy atom. The van der Waals surface area contributed by atoms with E-state index in [9.17, 15) is 0 Å². The van der Waals surface area contributed by atoms with E-state index in [1.165, 1.54) is 38.5 Å². The minimum atomic E-state index is 0.951. The molecule has 0 aliphatic carbocycles. The smallest absolute Gasteiger partial charge is 0.0704 e. The van der Waals surface area contributed by atoms with Crippen LogP contribution in [0.15, 0.2) is 41.6 Å². The molecule has 0 bridgehead atoms. The second-order valence-corrected chi connectivity index (χ2v) is 8.65. The molecule has 0 amide bonds. The van der Waals surface area contributed by atoms with Gasteiger partial charge in [-0.1, -0.05) is 26.0 Å². The minimum Gasteiger partial charge on any atom is -0.316 e. The van der Waals surface area contributed by atoms with E-state index in [4.69, 9.17) is 4.98 Å². The molecule has 0 radical (unpaired) electrons. The zero-order valence-corrected chi connectivity index (χ0v) is 18.1. The van der Waals surface area contributed by atoms with E-state index in [0.717, 1.165) is 31.6 Å². The van der Waals surface area contributed by atoms with Gasteiger partial charge in [0, 0.05) is 29.5 Å². The zero-order valence-electron chi connectivity index (χ0n) is 17.2. The van der Waals surface area contributed by atoms with Gasteiger partial charge in [-0.25, -0.2) is 0 Å². The summed E-state index contributed by atoms with van der Waals surface area (Å²) in [4.78, 5) is 8.36. The molecule has 0 saturated carbocycles. The van der Waals surface area contributed by atoms with Crippen molar-refractivity contribution in [1.82, 2.24) is 14.3 Å². The van der Waals surface area contributed by atoms with Crippen LogP contribution in [0, 0.1) is 6.92 Å². The number of hydrogen-bond acceptors (Lipinski definition) is 3. The summed E-state index contributed by atoms with van der Waals surface area (Å²) in [5.41, 5.74) is 8.18. The third-order valence-corrected chi connectivity index (χ3v) is 6.02. The fraction of sp³-hybridized carbons (Fsp3) is 0.435. The Morgan fingerprint density at radius 1 is 1.07 bits per heavy atom. The molecule has 0 saturated heterocycles. The molecule has 0 atom stereocenters. The Balaban J connectivity index is 1.90. The van der Waals surface area contributed by atoms with Crippen LogP contribution >= 0.6 is 11.8 Å².